The number of nitrogens with zero attached hydrogens (tertiary/aromatic N) is 5. The molecule has 1 unspecified atom stereocenters. The van der Waals surface area contributed by atoms with Crippen LogP contribution in [0.4, 0.5) is 9.18 Å². The smallest absolute Gasteiger partial charge is 0.411 e. The van der Waals surface area contributed by atoms with E-state index in [1.165, 1.54) is 18.3 Å². The van der Waals surface area contributed by atoms with Crippen molar-refractivity contribution in [2.45, 2.75) is 64.6 Å². The van der Waals surface area contributed by atoms with E-state index in [1.54, 1.807) is 4.90 Å². The maximum atomic E-state index is 13.7. The minimum absolute atomic E-state index is 0.130. The first kappa shape index (κ1) is 23.5. The molecule has 1 aliphatic carbocycles. The van der Waals surface area contributed by atoms with E-state index in [4.69, 9.17) is 16.3 Å². The van der Waals surface area contributed by atoms with E-state index in [9.17, 15) is 9.18 Å². The number of ether oxygens (including phenoxy) is 1. The van der Waals surface area contributed by atoms with E-state index < -0.39 is 11.7 Å². The fourth-order valence-corrected chi connectivity index (χ4v) is 4.82. The number of hydrogen-bond donors (Lipinski definition) is 0. The Bertz CT molecular complexity index is 1310. The average Bonchev–Trinajstić information content (AvgIpc) is 3.13. The number of rotatable bonds is 2. The van der Waals surface area contributed by atoms with E-state index in [1.807, 2.05) is 39.0 Å². The van der Waals surface area contributed by atoms with Crippen molar-refractivity contribution in [2.75, 3.05) is 0 Å². The second-order valence-corrected chi connectivity index (χ2v) is 10.4. The summed E-state index contributed by atoms with van der Waals surface area (Å²) >= 11 is 6.32. The number of pyridine rings is 1. The molecule has 3 heterocycles. The van der Waals surface area contributed by atoms with Crippen LogP contribution in [0.1, 0.15) is 68.9 Å². The van der Waals surface area contributed by atoms with Crippen LogP contribution in [0, 0.1) is 5.82 Å². The fourth-order valence-electron chi connectivity index (χ4n) is 4.63. The molecule has 0 fully saturated rings. The van der Waals surface area contributed by atoms with Crippen LogP contribution >= 0.6 is 11.6 Å². The van der Waals surface area contributed by atoms with Crippen LogP contribution in [0.5, 0.6) is 0 Å². The Balaban J connectivity index is 1.48. The zero-order chi connectivity index (χ0) is 24.7. The quantitative estimate of drug-likeness (QED) is 0.432. The summed E-state index contributed by atoms with van der Waals surface area (Å²) in [5, 5.41) is 9.64. The third kappa shape index (κ3) is 4.93. The highest BCUT2D eigenvalue weighted by Gasteiger charge is 2.32. The molecule has 1 aromatic carbocycles. The first-order chi connectivity index (χ1) is 16.7. The Morgan fingerprint density at radius 3 is 2.71 bits per heavy atom. The first-order valence-corrected chi connectivity index (χ1v) is 12.1. The summed E-state index contributed by atoms with van der Waals surface area (Å²) in [5.74, 6) is 1.36. The Morgan fingerprint density at radius 1 is 1.17 bits per heavy atom. The highest BCUT2D eigenvalue weighted by molar-refractivity contribution is 6.30. The highest BCUT2D eigenvalue weighted by Crippen LogP contribution is 2.37. The summed E-state index contributed by atoms with van der Waals surface area (Å²) in [4.78, 5) is 18.9. The monoisotopic (exact) mass is 495 g/mol. The summed E-state index contributed by atoms with van der Waals surface area (Å²) < 4.78 is 21.4. The zero-order valence-electron chi connectivity index (χ0n) is 20.0. The molecule has 0 saturated carbocycles. The Kier molecular flexibility index (Phi) is 6.09. The molecular formula is C26H27ClFN5O2. The lowest BCUT2D eigenvalue weighted by Gasteiger charge is -2.26. The average molecular weight is 496 g/mol. The van der Waals surface area contributed by atoms with Crippen LogP contribution in [0.25, 0.3) is 11.3 Å². The maximum absolute atomic E-state index is 13.7. The van der Waals surface area contributed by atoms with Gasteiger partial charge in [-0.15, -0.1) is 10.2 Å². The Labute approximate surface area is 208 Å². The van der Waals surface area contributed by atoms with Crippen molar-refractivity contribution in [3.63, 3.8) is 0 Å². The van der Waals surface area contributed by atoms with Gasteiger partial charge >= 0.3 is 6.09 Å². The van der Waals surface area contributed by atoms with Crippen LogP contribution in [0.15, 0.2) is 42.6 Å². The van der Waals surface area contributed by atoms with Gasteiger partial charge < -0.3 is 4.74 Å². The van der Waals surface area contributed by atoms with E-state index in [0.29, 0.717) is 23.1 Å². The van der Waals surface area contributed by atoms with Gasteiger partial charge in [0.05, 0.1) is 24.5 Å². The third-order valence-electron chi connectivity index (χ3n) is 6.21. The number of benzene rings is 1. The fraction of sp³-hybridized carbons (Fsp3) is 0.385. The highest BCUT2D eigenvalue weighted by atomic mass is 35.5. The molecule has 1 atom stereocenters. The molecule has 2 aliphatic rings. The lowest BCUT2D eigenvalue weighted by molar-refractivity contribution is 0.0214. The van der Waals surface area contributed by atoms with Gasteiger partial charge in [-0.05, 0) is 81.5 Å². The Hall–Kier alpha value is -3.26. The molecule has 0 spiro atoms. The van der Waals surface area contributed by atoms with Crippen LogP contribution in [0.2, 0.25) is 5.02 Å². The van der Waals surface area contributed by atoms with Gasteiger partial charge in [0.2, 0.25) is 0 Å². The lowest BCUT2D eigenvalue weighted by Crippen LogP contribution is -2.35. The zero-order valence-corrected chi connectivity index (χ0v) is 20.7. The topological polar surface area (TPSA) is 73.1 Å². The van der Waals surface area contributed by atoms with Crippen molar-refractivity contribution in [1.29, 1.82) is 0 Å². The molecule has 9 heteroatoms. The van der Waals surface area contributed by atoms with Crippen molar-refractivity contribution in [1.82, 2.24) is 24.6 Å². The number of carbonyl (C=O) groups excluding carboxylic acids is 1. The van der Waals surface area contributed by atoms with Crippen LogP contribution in [-0.2, 0) is 17.8 Å². The number of amides is 1. The summed E-state index contributed by atoms with van der Waals surface area (Å²) in [7, 11) is 0. The van der Waals surface area contributed by atoms with E-state index in [0.717, 1.165) is 41.9 Å². The van der Waals surface area contributed by atoms with Crippen LogP contribution < -0.4 is 0 Å². The molecule has 2 aromatic heterocycles. The van der Waals surface area contributed by atoms with Gasteiger partial charge in [-0.25, -0.2) is 9.18 Å². The molecule has 1 amide bonds. The normalized spacial score (nSPS) is 17.8. The minimum Gasteiger partial charge on any atom is -0.444 e. The van der Waals surface area contributed by atoms with Gasteiger partial charge in [0.15, 0.2) is 5.82 Å². The van der Waals surface area contributed by atoms with Gasteiger partial charge in [-0.3, -0.25) is 14.5 Å². The predicted octanol–water partition coefficient (Wildman–Crippen LogP) is 6.06. The summed E-state index contributed by atoms with van der Waals surface area (Å²) in [6, 6.07) is 8.49. The molecule has 182 valence electrons. The molecule has 7 nitrogen and oxygen atoms in total. The maximum Gasteiger partial charge on any atom is 0.411 e. The summed E-state index contributed by atoms with van der Waals surface area (Å²) in [6.45, 7) is 6.16. The van der Waals surface area contributed by atoms with Gasteiger partial charge in [-0.1, -0.05) is 17.7 Å². The molecule has 1 aliphatic heterocycles. The molecule has 0 bridgehead atoms. The first-order valence-electron chi connectivity index (χ1n) is 11.7. The number of hydrogen-bond acceptors (Lipinski definition) is 5. The molecule has 35 heavy (non-hydrogen) atoms. The van der Waals surface area contributed by atoms with Gasteiger partial charge in [-0.2, -0.15) is 0 Å². The molecule has 0 N–H and O–H groups in total. The predicted molar refractivity (Wildman–Crippen MR) is 131 cm³/mol. The third-order valence-corrected chi connectivity index (χ3v) is 6.44. The largest absolute Gasteiger partial charge is 0.444 e. The second-order valence-electron chi connectivity index (χ2n) is 9.98. The van der Waals surface area contributed by atoms with E-state index in [2.05, 4.69) is 25.8 Å². The van der Waals surface area contributed by atoms with Gasteiger partial charge in [0, 0.05) is 17.1 Å². The summed E-state index contributed by atoms with van der Waals surface area (Å²) in [5.41, 5.74) is 2.93. The number of halogens is 2. The number of aromatic nitrogens is 4. The molecule has 5 rings (SSSR count). The molecular weight excluding hydrogens is 469 g/mol. The lowest BCUT2D eigenvalue weighted by atomic mass is 9.87. The minimum atomic E-state index is -0.609. The van der Waals surface area contributed by atoms with Crippen LogP contribution in [0.3, 0.4) is 0 Å². The number of carbonyl (C=O) groups is 1. The second kappa shape index (κ2) is 9.07. The van der Waals surface area contributed by atoms with Crippen molar-refractivity contribution in [3.8, 4) is 5.69 Å². The molecule has 3 aromatic rings. The standard InChI is InChI=1S/C26H27ClFN5O2/c1-26(2,3)35-25(34)32-14-18-12-19(27)8-9-22(18)33-23(15-32)30-31-24(33)17-6-4-16(5-7-17)21-13-20(28)10-11-29-21/h4,8-13,17H,5-7,14-15H2,1-3H3. The number of fused-ring (bicyclic) bond motifs is 3. The van der Waals surface area contributed by atoms with E-state index >= 15 is 0 Å². The molecule has 0 radical (unpaired) electrons. The molecule has 0 saturated heterocycles. The van der Waals surface area contributed by atoms with Crippen molar-refractivity contribution < 1.29 is 13.9 Å². The van der Waals surface area contributed by atoms with Crippen molar-refractivity contribution in [2.24, 2.45) is 0 Å². The van der Waals surface area contributed by atoms with E-state index in [-0.39, 0.29) is 18.3 Å². The SMILES string of the molecule is CC(C)(C)OC(=O)N1Cc2cc(Cl)ccc2-n2c(nnc2C2CC=C(c3cc(F)ccn3)CC2)C1. The summed E-state index contributed by atoms with van der Waals surface area (Å²) in [6.07, 6.45) is 5.54. The Morgan fingerprint density at radius 2 is 2.00 bits per heavy atom. The van der Waals surface area contributed by atoms with Gasteiger partial charge in [0.1, 0.15) is 17.2 Å². The van der Waals surface area contributed by atoms with Crippen molar-refractivity contribution >= 4 is 23.3 Å². The number of allylic oxidation sites excluding steroid dienone is 2. The van der Waals surface area contributed by atoms with Crippen LogP contribution in [-0.4, -0.2) is 36.3 Å². The van der Waals surface area contributed by atoms with Crippen molar-refractivity contribution in [3.05, 3.63) is 76.4 Å². The van der Waals surface area contributed by atoms with Gasteiger partial charge in [0.25, 0.3) is 0 Å².